The molecule has 1 heterocycles. The molecule has 25 heavy (non-hydrogen) atoms. The van der Waals surface area contributed by atoms with E-state index in [9.17, 15) is 4.79 Å². The molecule has 128 valence electrons. The zero-order valence-corrected chi connectivity index (χ0v) is 14.7. The second kappa shape index (κ2) is 7.81. The first-order chi connectivity index (χ1) is 12.2. The molecule has 3 rings (SSSR count). The highest BCUT2D eigenvalue weighted by Crippen LogP contribution is 2.26. The monoisotopic (exact) mass is 355 g/mol. The van der Waals surface area contributed by atoms with E-state index in [1.165, 1.54) is 11.3 Å². The number of rotatable bonds is 6. The third-order valence-electron chi connectivity index (χ3n) is 3.40. The number of benzene rings is 2. The molecule has 5 nitrogen and oxygen atoms in total. The standard InChI is InChI=1S/C19H17NO4S/c1-3-23-15-6-4-13(5-7-15)18-20-17(12-25-18)19(21)24-16-10-8-14(22-2)9-11-16/h4-12H,3H2,1-2H3. The fourth-order valence-electron chi connectivity index (χ4n) is 2.16. The Labute approximate surface area is 149 Å². The summed E-state index contributed by atoms with van der Waals surface area (Å²) >= 11 is 1.39. The number of hydrogen-bond donors (Lipinski definition) is 0. The maximum Gasteiger partial charge on any atom is 0.363 e. The van der Waals surface area contributed by atoms with Crippen molar-refractivity contribution in [3.63, 3.8) is 0 Å². The number of esters is 1. The van der Waals surface area contributed by atoms with Gasteiger partial charge < -0.3 is 14.2 Å². The summed E-state index contributed by atoms with van der Waals surface area (Å²) < 4.78 is 15.8. The average molecular weight is 355 g/mol. The molecule has 0 aliphatic carbocycles. The Kier molecular flexibility index (Phi) is 5.30. The van der Waals surface area contributed by atoms with Crippen LogP contribution in [0, 0.1) is 0 Å². The number of methoxy groups -OCH3 is 1. The molecule has 0 aliphatic rings. The van der Waals surface area contributed by atoms with Crippen LogP contribution < -0.4 is 14.2 Å². The molecular weight excluding hydrogens is 338 g/mol. The van der Waals surface area contributed by atoms with Crippen molar-refractivity contribution in [3.05, 3.63) is 59.6 Å². The number of thiazole rings is 1. The maximum absolute atomic E-state index is 12.2. The van der Waals surface area contributed by atoms with E-state index in [0.717, 1.165) is 16.3 Å². The first-order valence-electron chi connectivity index (χ1n) is 7.74. The molecule has 0 N–H and O–H groups in total. The quantitative estimate of drug-likeness (QED) is 0.483. The Balaban J connectivity index is 1.70. The minimum atomic E-state index is -0.487. The van der Waals surface area contributed by atoms with Crippen LogP contribution in [-0.2, 0) is 0 Å². The van der Waals surface area contributed by atoms with Crippen molar-refractivity contribution in [2.45, 2.75) is 6.92 Å². The molecule has 6 heteroatoms. The maximum atomic E-state index is 12.2. The Morgan fingerprint density at radius 3 is 2.28 bits per heavy atom. The van der Waals surface area contributed by atoms with E-state index in [1.807, 2.05) is 31.2 Å². The fraction of sp³-hybridized carbons (Fsp3) is 0.158. The van der Waals surface area contributed by atoms with Crippen molar-refractivity contribution in [2.24, 2.45) is 0 Å². The highest BCUT2D eigenvalue weighted by atomic mass is 32.1. The second-order valence-electron chi connectivity index (χ2n) is 5.06. The normalized spacial score (nSPS) is 10.3. The Morgan fingerprint density at radius 2 is 1.64 bits per heavy atom. The summed E-state index contributed by atoms with van der Waals surface area (Å²) in [6.07, 6.45) is 0. The molecular formula is C19H17NO4S. The molecule has 2 aromatic carbocycles. The average Bonchev–Trinajstić information content (AvgIpc) is 3.13. The van der Waals surface area contributed by atoms with Gasteiger partial charge in [-0.2, -0.15) is 0 Å². The van der Waals surface area contributed by atoms with Crippen molar-refractivity contribution in [1.82, 2.24) is 4.98 Å². The molecule has 0 amide bonds. The van der Waals surface area contributed by atoms with Crippen LogP contribution in [0.2, 0.25) is 0 Å². The molecule has 0 saturated heterocycles. The molecule has 0 saturated carbocycles. The zero-order valence-electron chi connectivity index (χ0n) is 13.9. The molecule has 0 spiro atoms. The van der Waals surface area contributed by atoms with Gasteiger partial charge in [0.15, 0.2) is 5.69 Å². The van der Waals surface area contributed by atoms with Crippen LogP contribution in [0.25, 0.3) is 10.6 Å². The minimum absolute atomic E-state index is 0.282. The van der Waals surface area contributed by atoms with Gasteiger partial charge in [-0.3, -0.25) is 0 Å². The molecule has 1 aromatic heterocycles. The number of carbonyl (C=O) groups excluding carboxylic acids is 1. The van der Waals surface area contributed by atoms with Crippen LogP contribution >= 0.6 is 11.3 Å². The first kappa shape index (κ1) is 17.0. The summed E-state index contributed by atoms with van der Waals surface area (Å²) in [5.41, 5.74) is 1.21. The van der Waals surface area contributed by atoms with E-state index in [1.54, 1.807) is 36.8 Å². The molecule has 0 unspecified atom stereocenters. The minimum Gasteiger partial charge on any atom is -0.497 e. The Bertz CT molecular complexity index is 841. The highest BCUT2D eigenvalue weighted by Gasteiger charge is 2.14. The number of aromatic nitrogens is 1. The molecule has 3 aromatic rings. The lowest BCUT2D eigenvalue weighted by Crippen LogP contribution is -2.08. The molecule has 0 bridgehead atoms. The van der Waals surface area contributed by atoms with E-state index in [-0.39, 0.29) is 5.69 Å². The fourth-order valence-corrected chi connectivity index (χ4v) is 2.96. The predicted molar refractivity (Wildman–Crippen MR) is 96.7 cm³/mol. The molecule has 0 aliphatic heterocycles. The molecule has 0 radical (unpaired) electrons. The third-order valence-corrected chi connectivity index (χ3v) is 4.29. The summed E-state index contributed by atoms with van der Waals surface area (Å²) in [4.78, 5) is 16.6. The van der Waals surface area contributed by atoms with Gasteiger partial charge in [0.25, 0.3) is 0 Å². The summed E-state index contributed by atoms with van der Waals surface area (Å²) in [6, 6.07) is 14.4. The van der Waals surface area contributed by atoms with Crippen molar-refractivity contribution >= 4 is 17.3 Å². The van der Waals surface area contributed by atoms with Crippen molar-refractivity contribution in [1.29, 1.82) is 0 Å². The van der Waals surface area contributed by atoms with Crippen LogP contribution in [-0.4, -0.2) is 24.7 Å². The summed E-state index contributed by atoms with van der Waals surface area (Å²) in [5, 5.41) is 2.45. The lowest BCUT2D eigenvalue weighted by molar-refractivity contribution is 0.0729. The lowest BCUT2D eigenvalue weighted by atomic mass is 10.2. The molecule has 0 fully saturated rings. The van der Waals surface area contributed by atoms with Crippen LogP contribution in [0.4, 0.5) is 0 Å². The van der Waals surface area contributed by atoms with Crippen LogP contribution in [0.3, 0.4) is 0 Å². The number of nitrogens with zero attached hydrogens (tertiary/aromatic N) is 1. The Morgan fingerprint density at radius 1 is 1.00 bits per heavy atom. The van der Waals surface area contributed by atoms with Gasteiger partial charge in [-0.1, -0.05) is 0 Å². The molecule has 0 atom stereocenters. The highest BCUT2D eigenvalue weighted by molar-refractivity contribution is 7.13. The van der Waals surface area contributed by atoms with Crippen molar-refractivity contribution in [3.8, 4) is 27.8 Å². The number of carbonyl (C=O) groups is 1. The van der Waals surface area contributed by atoms with Gasteiger partial charge in [0, 0.05) is 10.9 Å². The largest absolute Gasteiger partial charge is 0.497 e. The lowest BCUT2D eigenvalue weighted by Gasteiger charge is -2.04. The van der Waals surface area contributed by atoms with E-state index < -0.39 is 5.97 Å². The van der Waals surface area contributed by atoms with Gasteiger partial charge in [0.05, 0.1) is 13.7 Å². The zero-order chi connectivity index (χ0) is 17.6. The van der Waals surface area contributed by atoms with Gasteiger partial charge in [0.1, 0.15) is 22.3 Å². The SMILES string of the molecule is CCOc1ccc(-c2nc(C(=O)Oc3ccc(OC)cc3)cs2)cc1. The topological polar surface area (TPSA) is 57.7 Å². The van der Waals surface area contributed by atoms with Crippen molar-refractivity contribution < 1.29 is 19.0 Å². The third kappa shape index (κ3) is 4.16. The van der Waals surface area contributed by atoms with Gasteiger partial charge in [-0.05, 0) is 55.5 Å². The van der Waals surface area contributed by atoms with E-state index in [4.69, 9.17) is 14.2 Å². The van der Waals surface area contributed by atoms with Crippen LogP contribution in [0.5, 0.6) is 17.2 Å². The van der Waals surface area contributed by atoms with E-state index in [0.29, 0.717) is 18.1 Å². The van der Waals surface area contributed by atoms with Crippen molar-refractivity contribution in [2.75, 3.05) is 13.7 Å². The first-order valence-corrected chi connectivity index (χ1v) is 8.62. The Hall–Kier alpha value is -2.86. The van der Waals surface area contributed by atoms with Gasteiger partial charge in [0.2, 0.25) is 0 Å². The number of hydrogen-bond acceptors (Lipinski definition) is 6. The summed E-state index contributed by atoms with van der Waals surface area (Å²) in [7, 11) is 1.58. The van der Waals surface area contributed by atoms with E-state index >= 15 is 0 Å². The summed E-state index contributed by atoms with van der Waals surface area (Å²) in [6.45, 7) is 2.56. The van der Waals surface area contributed by atoms with E-state index in [2.05, 4.69) is 4.98 Å². The second-order valence-corrected chi connectivity index (χ2v) is 5.92. The van der Waals surface area contributed by atoms with Crippen LogP contribution in [0.15, 0.2) is 53.9 Å². The predicted octanol–water partition coefficient (Wildman–Crippen LogP) is 4.44. The smallest absolute Gasteiger partial charge is 0.363 e. The van der Waals surface area contributed by atoms with Gasteiger partial charge in [-0.25, -0.2) is 9.78 Å². The van der Waals surface area contributed by atoms with Gasteiger partial charge in [-0.15, -0.1) is 11.3 Å². The van der Waals surface area contributed by atoms with Gasteiger partial charge >= 0.3 is 5.97 Å². The summed E-state index contributed by atoms with van der Waals surface area (Å²) in [5.74, 6) is 1.47. The number of ether oxygens (including phenoxy) is 3. The van der Waals surface area contributed by atoms with Crippen LogP contribution in [0.1, 0.15) is 17.4 Å².